The monoisotopic (exact) mass is 821 g/mol. The molecule has 0 unspecified atom stereocenters. The van der Waals surface area contributed by atoms with Crippen molar-refractivity contribution in [2.24, 2.45) is 0 Å². The molecule has 0 bridgehead atoms. The number of fused-ring (bicyclic) bond motifs is 2. The molecule has 1 aliphatic carbocycles. The number of rotatable bonds is 13. The van der Waals surface area contributed by atoms with E-state index in [2.05, 4.69) is 19.9 Å². The summed E-state index contributed by atoms with van der Waals surface area (Å²) in [5, 5.41) is 33.0. The van der Waals surface area contributed by atoms with Gasteiger partial charge in [0.1, 0.15) is 28.4 Å². The molecule has 8 rings (SSSR count). The molecule has 0 fully saturated rings. The zero-order chi connectivity index (χ0) is 40.9. The zero-order valence-corrected chi connectivity index (χ0v) is 35.4. The van der Waals surface area contributed by atoms with Crippen LogP contribution in [0, 0.1) is 0 Å². The van der Waals surface area contributed by atoms with Crippen molar-refractivity contribution in [1.29, 1.82) is 0 Å². The number of anilines is 1. The van der Waals surface area contributed by atoms with Gasteiger partial charge in [-0.25, -0.2) is 24.1 Å². The summed E-state index contributed by atoms with van der Waals surface area (Å²) in [6, 6.07) is 39.0. The molecular formula is C46H34KN6O7+. The molecule has 60 heavy (non-hydrogen) atoms. The van der Waals surface area contributed by atoms with Crippen LogP contribution in [0.1, 0.15) is 54.1 Å². The van der Waals surface area contributed by atoms with Gasteiger partial charge in [-0.2, -0.15) is 0 Å². The van der Waals surface area contributed by atoms with Crippen LogP contribution in [-0.4, -0.2) is 48.1 Å². The van der Waals surface area contributed by atoms with E-state index in [1.165, 1.54) is 12.1 Å². The van der Waals surface area contributed by atoms with Gasteiger partial charge in [0.15, 0.2) is 13.1 Å². The Morgan fingerprint density at radius 2 is 1.28 bits per heavy atom. The maximum atomic E-state index is 12.6. The van der Waals surface area contributed by atoms with Gasteiger partial charge in [0.2, 0.25) is 5.36 Å². The summed E-state index contributed by atoms with van der Waals surface area (Å²) < 4.78 is 8.78. The van der Waals surface area contributed by atoms with Crippen LogP contribution in [0.25, 0.3) is 33.4 Å². The second kappa shape index (κ2) is 18.7. The van der Waals surface area contributed by atoms with Crippen molar-refractivity contribution in [2.45, 2.75) is 26.2 Å². The van der Waals surface area contributed by atoms with Crippen molar-refractivity contribution in [3.05, 3.63) is 191 Å². The summed E-state index contributed by atoms with van der Waals surface area (Å²) in [6.45, 7) is 1.16. The minimum Gasteiger partial charge on any atom is -0.543 e. The van der Waals surface area contributed by atoms with E-state index in [0.29, 0.717) is 63.6 Å². The van der Waals surface area contributed by atoms with E-state index >= 15 is 0 Å². The fourth-order valence-corrected chi connectivity index (χ4v) is 7.05. The maximum Gasteiger partial charge on any atom is 1.00 e. The van der Waals surface area contributed by atoms with Gasteiger partial charge in [-0.15, -0.1) is 0 Å². The fraction of sp³-hybridized carbons (Fsp3) is 0.0870. The van der Waals surface area contributed by atoms with Gasteiger partial charge in [0.05, 0.1) is 47.8 Å². The Labute approximate surface area is 385 Å². The largest absolute Gasteiger partial charge is 1.00 e. The first-order chi connectivity index (χ1) is 28.7. The number of benzene rings is 3. The Morgan fingerprint density at radius 3 is 2.00 bits per heavy atom. The van der Waals surface area contributed by atoms with Gasteiger partial charge in [-0.05, 0) is 78.4 Å². The Hall–Kier alpha value is -6.42. The van der Waals surface area contributed by atoms with Crippen LogP contribution in [0.5, 0.6) is 0 Å². The van der Waals surface area contributed by atoms with Crippen molar-refractivity contribution in [3.63, 3.8) is 0 Å². The van der Waals surface area contributed by atoms with Gasteiger partial charge in [0.25, 0.3) is 0 Å². The summed E-state index contributed by atoms with van der Waals surface area (Å²) in [7, 11) is 0. The Morgan fingerprint density at radius 1 is 0.633 bits per heavy atom. The van der Waals surface area contributed by atoms with Crippen LogP contribution in [0.4, 0.5) is 5.69 Å². The van der Waals surface area contributed by atoms with Gasteiger partial charge < -0.3 is 29.4 Å². The van der Waals surface area contributed by atoms with Gasteiger partial charge in [-0.1, -0.05) is 42.5 Å². The van der Waals surface area contributed by atoms with Crippen molar-refractivity contribution in [3.8, 4) is 22.5 Å². The van der Waals surface area contributed by atoms with Crippen LogP contribution in [0.3, 0.4) is 0 Å². The molecule has 0 saturated carbocycles. The average Bonchev–Trinajstić information content (AvgIpc) is 3.25. The number of hydrogen-bond donors (Lipinski definition) is 2. The number of pyridine rings is 4. The standard InChI is InChI=1S/C46H34N6O7.K/c53-44(54)36-14-2-1-13-35(36)43-37-19-17-33(51(25-29-9-3-5-21-47-29)27-31-11-7-15-39(49-31)45(55)56)23-41(37)59-42-24-34(18-20-38(42)43)52(26-30-10-4-6-22-48-30)28-32-12-8-16-40(50-32)46(57)58;/h1-24H,25-28H2,(H2-,53,54,55,56,57,58);/q;+1. The summed E-state index contributed by atoms with van der Waals surface area (Å²) in [4.78, 5) is 55.9. The first kappa shape index (κ1) is 41.7. The minimum absolute atomic E-state index is 0. The number of carbonyl (C=O) groups excluding carboxylic acids is 1. The first-order valence-electron chi connectivity index (χ1n) is 18.5. The SMILES string of the molecule is O=C([O-])c1cccc(CN(Cc2ccccn2)c2ccc3c(-c4ccccc4C(=O)O)c4ccc(=[N+](Cc5ccccn5)Cc5cccc(C(=O)O)n5)cc-4oc3c2)n1.[K+]. The Kier molecular flexibility index (Phi) is 13.0. The van der Waals surface area contributed by atoms with Crippen molar-refractivity contribution in [2.75, 3.05) is 4.90 Å². The molecule has 2 aromatic carbocycles. The first-order valence-corrected chi connectivity index (χ1v) is 18.5. The summed E-state index contributed by atoms with van der Waals surface area (Å²) in [6.07, 6.45) is 3.40. The summed E-state index contributed by atoms with van der Waals surface area (Å²) in [5.41, 5.74) is 5.41. The zero-order valence-electron chi connectivity index (χ0n) is 32.3. The van der Waals surface area contributed by atoms with E-state index in [9.17, 15) is 29.7 Å². The molecule has 14 heteroatoms. The van der Waals surface area contributed by atoms with Crippen LogP contribution < -0.4 is 71.3 Å². The number of hydrogen-bond acceptors (Lipinski definition) is 10. The van der Waals surface area contributed by atoms with Crippen molar-refractivity contribution in [1.82, 2.24) is 24.5 Å². The topological polar surface area (TPSA) is 186 Å². The van der Waals surface area contributed by atoms with E-state index in [1.807, 2.05) is 82.3 Å². The molecule has 290 valence electrons. The Bertz CT molecular complexity index is 2910. The molecule has 1 aliphatic heterocycles. The fourth-order valence-electron chi connectivity index (χ4n) is 7.05. The van der Waals surface area contributed by atoms with Crippen LogP contribution in [0.2, 0.25) is 0 Å². The number of aromatic carboxylic acids is 3. The Balaban J connectivity index is 0.00000544. The number of nitrogens with zero attached hydrogens (tertiary/aromatic N) is 6. The molecule has 0 radical (unpaired) electrons. The molecule has 5 heterocycles. The number of carboxylic acids is 3. The molecule has 0 saturated heterocycles. The molecule has 4 aromatic heterocycles. The third kappa shape index (κ3) is 9.38. The normalized spacial score (nSPS) is 11.5. The van der Waals surface area contributed by atoms with E-state index < -0.39 is 17.9 Å². The second-order valence-electron chi connectivity index (χ2n) is 13.7. The van der Waals surface area contributed by atoms with E-state index in [1.54, 1.807) is 60.9 Å². The van der Waals surface area contributed by atoms with Crippen LogP contribution in [0.15, 0.2) is 150 Å². The number of carbonyl (C=O) groups is 3. The van der Waals surface area contributed by atoms with E-state index in [4.69, 9.17) is 4.42 Å². The number of carboxylic acid groups (broad SMARTS) is 3. The molecule has 2 aliphatic rings. The molecule has 0 spiro atoms. The van der Waals surface area contributed by atoms with Gasteiger partial charge >= 0.3 is 63.3 Å². The van der Waals surface area contributed by atoms with Crippen molar-refractivity contribution < 1.29 is 85.5 Å². The third-order valence-electron chi connectivity index (χ3n) is 9.75. The molecule has 6 aromatic rings. The molecular weight excluding hydrogens is 788 g/mol. The van der Waals surface area contributed by atoms with Crippen molar-refractivity contribution >= 4 is 34.6 Å². The molecule has 2 N–H and O–H groups in total. The maximum absolute atomic E-state index is 12.6. The summed E-state index contributed by atoms with van der Waals surface area (Å²) in [5.74, 6) is -3.13. The average molecular weight is 822 g/mol. The number of aromatic nitrogens is 4. The second-order valence-corrected chi connectivity index (χ2v) is 13.7. The van der Waals surface area contributed by atoms with Gasteiger partial charge in [0, 0.05) is 46.7 Å². The predicted molar refractivity (Wildman–Crippen MR) is 216 cm³/mol. The summed E-state index contributed by atoms with van der Waals surface area (Å²) >= 11 is 0. The molecule has 0 atom stereocenters. The third-order valence-corrected chi connectivity index (χ3v) is 9.75. The molecule has 13 nitrogen and oxygen atoms in total. The van der Waals surface area contributed by atoms with E-state index in [-0.39, 0.29) is 81.4 Å². The quantitative estimate of drug-likeness (QED) is 0.0987. The van der Waals surface area contributed by atoms with Gasteiger partial charge in [-0.3, -0.25) is 9.97 Å². The van der Waals surface area contributed by atoms with E-state index in [0.717, 1.165) is 16.7 Å². The minimum atomic E-state index is -1.38. The smallest absolute Gasteiger partial charge is 0.543 e. The van der Waals surface area contributed by atoms with Crippen LogP contribution >= 0.6 is 0 Å². The molecule has 0 amide bonds. The predicted octanol–water partition coefficient (Wildman–Crippen LogP) is 2.93. The van der Waals surface area contributed by atoms with Crippen LogP contribution in [-0.2, 0) is 26.2 Å².